The average Bonchev–Trinajstić information content (AvgIpc) is 2.65. The molecule has 0 amide bonds. The molecule has 0 aliphatic heterocycles. The van der Waals surface area contributed by atoms with Crippen LogP contribution in [0.4, 0.5) is 0 Å². The van der Waals surface area contributed by atoms with Crippen molar-refractivity contribution in [1.82, 2.24) is 0 Å². The van der Waals surface area contributed by atoms with Crippen LogP contribution in [0.15, 0.2) is 24.3 Å². The average molecular weight is 364 g/mol. The second kappa shape index (κ2) is 9.10. The van der Waals surface area contributed by atoms with E-state index < -0.39 is 35.7 Å². The number of carboxylic acids is 1. The largest absolute Gasteiger partial charge is 0.481 e. The van der Waals surface area contributed by atoms with Crippen molar-refractivity contribution in [3.05, 3.63) is 35.4 Å². The van der Waals surface area contributed by atoms with Crippen molar-refractivity contribution >= 4 is 23.9 Å². The number of hydrogen-bond acceptors (Lipinski definition) is 7. The van der Waals surface area contributed by atoms with Gasteiger partial charge in [0.25, 0.3) is 0 Å². The van der Waals surface area contributed by atoms with Crippen LogP contribution in [0.3, 0.4) is 0 Å². The second-order valence-electron chi connectivity index (χ2n) is 5.95. The lowest BCUT2D eigenvalue weighted by Crippen LogP contribution is -2.35. The topological polar surface area (TPSA) is 127 Å². The molecule has 0 bridgehead atoms. The van der Waals surface area contributed by atoms with E-state index in [4.69, 9.17) is 14.6 Å². The molecule has 1 aliphatic carbocycles. The molecule has 0 spiro atoms. The van der Waals surface area contributed by atoms with Gasteiger partial charge in [-0.1, -0.05) is 25.0 Å². The van der Waals surface area contributed by atoms with Crippen molar-refractivity contribution in [3.63, 3.8) is 0 Å². The molecule has 8 heteroatoms. The van der Waals surface area contributed by atoms with Gasteiger partial charge in [-0.2, -0.15) is 0 Å². The summed E-state index contributed by atoms with van der Waals surface area (Å²) in [5.41, 5.74) is -0.261. The van der Waals surface area contributed by atoms with Crippen LogP contribution in [0.25, 0.3) is 0 Å². The summed E-state index contributed by atoms with van der Waals surface area (Å²) in [6, 6.07) is 5.64. The highest BCUT2D eigenvalue weighted by atomic mass is 16.6. The number of carboxylic acid groups (broad SMARTS) is 1. The molecule has 140 valence electrons. The maximum Gasteiger partial charge on any atom is 0.346 e. The van der Waals surface area contributed by atoms with Crippen LogP contribution in [0, 0.1) is 11.8 Å². The molecule has 1 aromatic rings. The molecule has 2 N–H and O–H groups in total. The lowest BCUT2D eigenvalue weighted by Gasteiger charge is -2.26. The van der Waals surface area contributed by atoms with Gasteiger partial charge < -0.3 is 19.7 Å². The highest BCUT2D eigenvalue weighted by Gasteiger charge is 2.38. The highest BCUT2D eigenvalue weighted by molar-refractivity contribution is 6.06. The number of esters is 3. The first kappa shape index (κ1) is 19.6. The Morgan fingerprint density at radius 2 is 1.54 bits per heavy atom. The van der Waals surface area contributed by atoms with Crippen molar-refractivity contribution in [1.29, 1.82) is 0 Å². The van der Waals surface area contributed by atoms with Gasteiger partial charge >= 0.3 is 23.9 Å². The van der Waals surface area contributed by atoms with Crippen LogP contribution in [-0.4, -0.2) is 47.3 Å². The normalized spacial score (nSPS) is 19.4. The summed E-state index contributed by atoms with van der Waals surface area (Å²) >= 11 is 0. The summed E-state index contributed by atoms with van der Waals surface area (Å²) in [5.74, 6) is -5.64. The van der Waals surface area contributed by atoms with E-state index >= 15 is 0 Å². The molecule has 1 saturated carbocycles. The fourth-order valence-corrected chi connectivity index (χ4v) is 2.99. The predicted molar refractivity (Wildman–Crippen MR) is 87.3 cm³/mol. The summed E-state index contributed by atoms with van der Waals surface area (Å²) in [5, 5.41) is 17.9. The van der Waals surface area contributed by atoms with Gasteiger partial charge in [0.1, 0.15) is 6.61 Å². The molecule has 26 heavy (non-hydrogen) atoms. The zero-order chi connectivity index (χ0) is 19.1. The maximum atomic E-state index is 12.3. The van der Waals surface area contributed by atoms with E-state index in [0.29, 0.717) is 25.7 Å². The fraction of sp³-hybridized carbons (Fsp3) is 0.444. The van der Waals surface area contributed by atoms with Gasteiger partial charge in [-0.05, 0) is 25.0 Å². The third-order valence-corrected chi connectivity index (χ3v) is 4.27. The number of aliphatic hydroxyl groups is 1. The zero-order valence-corrected chi connectivity index (χ0v) is 14.1. The predicted octanol–water partition coefficient (Wildman–Crippen LogP) is 1.41. The van der Waals surface area contributed by atoms with Crippen LogP contribution in [0.1, 0.15) is 46.4 Å². The van der Waals surface area contributed by atoms with Crippen molar-refractivity contribution < 1.29 is 38.9 Å². The Morgan fingerprint density at radius 1 is 0.962 bits per heavy atom. The van der Waals surface area contributed by atoms with Crippen molar-refractivity contribution in [2.24, 2.45) is 11.8 Å². The van der Waals surface area contributed by atoms with Crippen LogP contribution >= 0.6 is 0 Å². The first-order valence-electron chi connectivity index (χ1n) is 8.31. The molecule has 1 aromatic carbocycles. The third-order valence-electron chi connectivity index (χ3n) is 4.27. The van der Waals surface area contributed by atoms with Crippen molar-refractivity contribution in [3.8, 4) is 0 Å². The zero-order valence-electron chi connectivity index (χ0n) is 14.1. The Kier molecular flexibility index (Phi) is 6.85. The summed E-state index contributed by atoms with van der Waals surface area (Å²) in [6.07, 6.45) is 2.08. The molecular weight excluding hydrogens is 344 g/mol. The van der Waals surface area contributed by atoms with Crippen LogP contribution in [0.2, 0.25) is 0 Å². The smallest absolute Gasteiger partial charge is 0.346 e. The number of aliphatic hydroxyl groups excluding tert-OH is 1. The van der Waals surface area contributed by atoms with Crippen molar-refractivity contribution in [2.75, 3.05) is 13.2 Å². The van der Waals surface area contributed by atoms with E-state index in [-0.39, 0.29) is 24.3 Å². The molecule has 2 rings (SSSR count). The first-order valence-corrected chi connectivity index (χ1v) is 8.31. The third kappa shape index (κ3) is 4.66. The minimum Gasteiger partial charge on any atom is -0.481 e. The van der Waals surface area contributed by atoms with E-state index in [9.17, 15) is 24.3 Å². The lowest BCUT2D eigenvalue weighted by molar-refractivity contribution is -0.156. The highest BCUT2D eigenvalue weighted by Crippen LogP contribution is 2.31. The van der Waals surface area contributed by atoms with Crippen LogP contribution in [0.5, 0.6) is 0 Å². The molecule has 0 heterocycles. The fourth-order valence-electron chi connectivity index (χ4n) is 2.99. The SMILES string of the molecule is O=C(OCCO)c1ccccc1C(=O)OC(=O)C1CCCCC1C(=O)O. The Balaban J connectivity index is 2.13. The van der Waals surface area contributed by atoms with Crippen LogP contribution in [-0.2, 0) is 19.1 Å². The number of ether oxygens (including phenoxy) is 2. The molecule has 2 unspecified atom stereocenters. The Hall–Kier alpha value is -2.74. The number of carbonyl (C=O) groups is 4. The standard InChI is InChI=1S/C18H20O8/c19-9-10-25-16(22)13-7-3-4-8-14(13)18(24)26-17(23)12-6-2-1-5-11(12)15(20)21/h3-4,7-8,11-12,19H,1-2,5-6,9-10H2,(H,20,21). The van der Waals surface area contributed by atoms with Crippen LogP contribution < -0.4 is 0 Å². The van der Waals surface area contributed by atoms with Gasteiger partial charge in [-0.15, -0.1) is 0 Å². The van der Waals surface area contributed by atoms with Gasteiger partial charge in [0.15, 0.2) is 0 Å². The monoisotopic (exact) mass is 364 g/mol. The van der Waals surface area contributed by atoms with Gasteiger partial charge in [0.2, 0.25) is 0 Å². The number of benzene rings is 1. The summed E-state index contributed by atoms with van der Waals surface area (Å²) in [4.78, 5) is 47.9. The van der Waals surface area contributed by atoms with Gasteiger partial charge in [0, 0.05) is 0 Å². The molecular formula is C18H20O8. The molecule has 0 radical (unpaired) electrons. The first-order chi connectivity index (χ1) is 12.5. The number of rotatable bonds is 6. The molecule has 0 aromatic heterocycles. The second-order valence-corrected chi connectivity index (χ2v) is 5.95. The minimum absolute atomic E-state index is 0.0998. The van der Waals surface area contributed by atoms with E-state index in [2.05, 4.69) is 0 Å². The number of hydrogen-bond donors (Lipinski definition) is 2. The summed E-state index contributed by atoms with van der Waals surface area (Å²) in [7, 11) is 0. The Morgan fingerprint density at radius 3 is 2.12 bits per heavy atom. The van der Waals surface area contributed by atoms with E-state index in [1.54, 1.807) is 0 Å². The molecule has 2 atom stereocenters. The molecule has 1 aliphatic rings. The van der Waals surface area contributed by atoms with Gasteiger partial charge in [0.05, 0.1) is 29.6 Å². The van der Waals surface area contributed by atoms with E-state index in [1.807, 2.05) is 0 Å². The maximum absolute atomic E-state index is 12.3. The summed E-state index contributed by atoms with van der Waals surface area (Å²) < 4.78 is 9.63. The van der Waals surface area contributed by atoms with Gasteiger partial charge in [-0.3, -0.25) is 9.59 Å². The number of aliphatic carboxylic acids is 1. The summed E-state index contributed by atoms with van der Waals surface area (Å²) in [6.45, 7) is -0.599. The number of carbonyl (C=O) groups excluding carboxylic acids is 3. The Bertz CT molecular complexity index is 696. The molecule has 0 saturated heterocycles. The van der Waals surface area contributed by atoms with Crippen molar-refractivity contribution in [2.45, 2.75) is 25.7 Å². The minimum atomic E-state index is -1.09. The Labute approximate surface area is 149 Å². The lowest BCUT2D eigenvalue weighted by atomic mass is 9.79. The quantitative estimate of drug-likeness (QED) is 0.573. The van der Waals surface area contributed by atoms with E-state index in [1.165, 1.54) is 24.3 Å². The molecule has 1 fully saturated rings. The van der Waals surface area contributed by atoms with E-state index in [0.717, 1.165) is 0 Å². The molecule has 8 nitrogen and oxygen atoms in total. The van der Waals surface area contributed by atoms with Gasteiger partial charge in [-0.25, -0.2) is 9.59 Å².